The zero-order valence-electron chi connectivity index (χ0n) is 20.5. The van der Waals surface area contributed by atoms with E-state index in [0.29, 0.717) is 39.0 Å². The Morgan fingerprint density at radius 1 is 1.05 bits per heavy atom. The van der Waals surface area contributed by atoms with E-state index in [1.807, 2.05) is 18.2 Å². The number of non-ortho nitro benzene ring substituents is 1. The molecule has 0 saturated heterocycles. The van der Waals surface area contributed by atoms with Gasteiger partial charge in [-0.05, 0) is 42.0 Å². The molecule has 1 aromatic heterocycles. The van der Waals surface area contributed by atoms with E-state index < -0.39 is 10.8 Å². The highest BCUT2D eigenvalue weighted by Crippen LogP contribution is 2.38. The summed E-state index contributed by atoms with van der Waals surface area (Å²) in [7, 11) is 4.52. The highest BCUT2D eigenvalue weighted by molar-refractivity contribution is 9.10. The summed E-state index contributed by atoms with van der Waals surface area (Å²) in [6, 6.07) is 15.0. The number of carbonyl (C=O) groups excluding carboxylic acids is 1. The highest BCUT2D eigenvalue weighted by atomic mass is 79.9. The number of thiazole rings is 1. The second-order valence-corrected chi connectivity index (χ2v) is 9.57. The van der Waals surface area contributed by atoms with Gasteiger partial charge in [-0.3, -0.25) is 14.9 Å². The number of amides is 1. The number of hydrazone groups is 1. The molecule has 0 bridgehead atoms. The maximum atomic E-state index is 13.3. The molecular formula is C26H21BrN4O6S. The normalized spacial score (nSPS) is 11.3. The molecule has 3 aromatic carbocycles. The molecule has 0 saturated carbocycles. The van der Waals surface area contributed by atoms with Crippen molar-refractivity contribution < 1.29 is 23.9 Å². The first kappa shape index (κ1) is 26.8. The molecule has 10 nitrogen and oxygen atoms in total. The van der Waals surface area contributed by atoms with Crippen molar-refractivity contribution in [1.29, 1.82) is 0 Å². The van der Waals surface area contributed by atoms with Gasteiger partial charge in [0.15, 0.2) is 11.5 Å². The Balaban J connectivity index is 1.73. The topological polar surface area (TPSA) is 116 Å². The third-order valence-corrected chi connectivity index (χ3v) is 6.72. The number of hydrogen-bond acceptors (Lipinski definition) is 9. The van der Waals surface area contributed by atoms with E-state index in [4.69, 9.17) is 14.2 Å². The van der Waals surface area contributed by atoms with Crippen LogP contribution >= 0.6 is 27.3 Å². The molecule has 4 rings (SSSR count). The first-order valence-electron chi connectivity index (χ1n) is 11.0. The Hall–Kier alpha value is -4.29. The second kappa shape index (κ2) is 11.8. The average molecular weight is 597 g/mol. The van der Waals surface area contributed by atoms with E-state index >= 15 is 0 Å². The van der Waals surface area contributed by atoms with Gasteiger partial charge in [-0.15, -0.1) is 0 Å². The summed E-state index contributed by atoms with van der Waals surface area (Å²) < 4.78 is 17.9. The van der Waals surface area contributed by atoms with Crippen molar-refractivity contribution in [2.75, 3.05) is 26.3 Å². The zero-order chi connectivity index (χ0) is 27.2. The number of fused-ring (bicyclic) bond motifs is 1. The summed E-state index contributed by atoms with van der Waals surface area (Å²) in [5.41, 5.74) is 1.71. The van der Waals surface area contributed by atoms with Gasteiger partial charge in [0.05, 0.1) is 42.7 Å². The quantitative estimate of drug-likeness (QED) is 0.0995. The third-order valence-electron chi connectivity index (χ3n) is 5.24. The smallest absolute Gasteiger partial charge is 0.273 e. The van der Waals surface area contributed by atoms with Crippen molar-refractivity contribution in [3.05, 3.63) is 86.4 Å². The van der Waals surface area contributed by atoms with Crippen LogP contribution in [0, 0.1) is 10.1 Å². The highest BCUT2D eigenvalue weighted by Gasteiger charge is 2.19. The number of nitro groups is 1. The Bertz CT molecular complexity index is 1540. The lowest BCUT2D eigenvalue weighted by Gasteiger charge is -2.14. The zero-order valence-corrected chi connectivity index (χ0v) is 22.9. The van der Waals surface area contributed by atoms with E-state index in [-0.39, 0.29) is 5.69 Å². The monoisotopic (exact) mass is 596 g/mol. The summed E-state index contributed by atoms with van der Waals surface area (Å²) in [6.07, 6.45) is 4.25. The van der Waals surface area contributed by atoms with Crippen molar-refractivity contribution in [2.45, 2.75) is 0 Å². The van der Waals surface area contributed by atoms with Gasteiger partial charge < -0.3 is 14.2 Å². The van der Waals surface area contributed by atoms with Crippen LogP contribution in [0.25, 0.3) is 16.3 Å². The van der Waals surface area contributed by atoms with Gasteiger partial charge in [0, 0.05) is 28.2 Å². The molecule has 1 amide bonds. The van der Waals surface area contributed by atoms with Gasteiger partial charge in [-0.2, -0.15) is 10.1 Å². The Morgan fingerprint density at radius 2 is 1.79 bits per heavy atom. The summed E-state index contributed by atoms with van der Waals surface area (Å²) in [5, 5.41) is 17.0. The molecule has 0 aliphatic heterocycles. The van der Waals surface area contributed by atoms with Gasteiger partial charge in [0.1, 0.15) is 0 Å². The molecule has 0 aliphatic rings. The number of hydrogen-bond donors (Lipinski definition) is 0. The van der Waals surface area contributed by atoms with Crippen LogP contribution in [0.2, 0.25) is 0 Å². The third kappa shape index (κ3) is 5.98. The van der Waals surface area contributed by atoms with E-state index in [9.17, 15) is 14.9 Å². The van der Waals surface area contributed by atoms with Gasteiger partial charge in [0.25, 0.3) is 11.6 Å². The predicted octanol–water partition coefficient (Wildman–Crippen LogP) is 6.07. The van der Waals surface area contributed by atoms with Gasteiger partial charge >= 0.3 is 0 Å². The second-order valence-electron chi connectivity index (χ2n) is 7.65. The molecule has 0 fully saturated rings. The standard InChI is InChI=1S/C26H21BrN4O6S/c1-35-21-12-17(13-22(36-2)25(21)37-3)15-28-30(26-29-20-9-8-18(27)14-23(20)38-26)24(32)10-7-16-5-4-6-19(11-16)31(33)34/h4-15H,1-3H3/b10-7+,28-15+. The molecule has 12 heteroatoms. The molecule has 1 heterocycles. The minimum Gasteiger partial charge on any atom is -0.493 e. The predicted molar refractivity (Wildman–Crippen MR) is 151 cm³/mol. The Labute approximate surface area is 230 Å². The fourth-order valence-electron chi connectivity index (χ4n) is 3.46. The van der Waals surface area contributed by atoms with Crippen molar-refractivity contribution >= 4 is 66.5 Å². The number of ether oxygens (including phenoxy) is 3. The molecule has 0 aliphatic carbocycles. The summed E-state index contributed by atoms with van der Waals surface area (Å²) in [4.78, 5) is 28.5. The van der Waals surface area contributed by atoms with Crippen LogP contribution in [0.3, 0.4) is 0 Å². The van der Waals surface area contributed by atoms with Crippen LogP contribution in [0.1, 0.15) is 11.1 Å². The first-order chi connectivity index (χ1) is 18.3. The molecule has 0 unspecified atom stereocenters. The minimum absolute atomic E-state index is 0.0753. The van der Waals surface area contributed by atoms with Crippen molar-refractivity contribution in [2.24, 2.45) is 5.10 Å². The number of anilines is 1. The van der Waals surface area contributed by atoms with E-state index in [2.05, 4.69) is 26.0 Å². The molecule has 38 heavy (non-hydrogen) atoms. The maximum absolute atomic E-state index is 13.3. The lowest BCUT2D eigenvalue weighted by atomic mass is 10.2. The molecule has 0 atom stereocenters. The van der Waals surface area contributed by atoms with Crippen LogP contribution in [0.4, 0.5) is 10.8 Å². The Kier molecular flexibility index (Phi) is 8.34. The Morgan fingerprint density at radius 3 is 2.45 bits per heavy atom. The van der Waals surface area contributed by atoms with Crippen LogP contribution in [0.15, 0.2) is 70.2 Å². The fraction of sp³-hybridized carbons (Fsp3) is 0.115. The maximum Gasteiger partial charge on any atom is 0.273 e. The summed E-state index contributed by atoms with van der Waals surface area (Å²) >= 11 is 4.74. The van der Waals surface area contributed by atoms with Crippen molar-refractivity contribution in [3.63, 3.8) is 0 Å². The molecule has 4 aromatic rings. The SMILES string of the molecule is COc1cc(/C=N/N(C(=O)/C=C/c2cccc([N+](=O)[O-])c2)c2nc3ccc(Br)cc3s2)cc(OC)c1OC. The molecular weight excluding hydrogens is 576 g/mol. The number of methoxy groups -OCH3 is 3. The average Bonchev–Trinajstić information content (AvgIpc) is 3.34. The van der Waals surface area contributed by atoms with Gasteiger partial charge in [-0.1, -0.05) is 39.4 Å². The van der Waals surface area contributed by atoms with Crippen LogP contribution in [0.5, 0.6) is 17.2 Å². The molecule has 194 valence electrons. The van der Waals surface area contributed by atoms with Crippen LogP contribution < -0.4 is 19.2 Å². The van der Waals surface area contributed by atoms with Gasteiger partial charge in [0.2, 0.25) is 10.9 Å². The first-order valence-corrected chi connectivity index (χ1v) is 12.6. The van der Waals surface area contributed by atoms with E-state index in [1.165, 1.54) is 63.2 Å². The van der Waals surface area contributed by atoms with E-state index in [1.54, 1.807) is 24.3 Å². The minimum atomic E-state index is -0.502. The summed E-state index contributed by atoms with van der Waals surface area (Å²) in [5.74, 6) is 0.790. The number of rotatable bonds is 9. The lowest BCUT2D eigenvalue weighted by molar-refractivity contribution is -0.384. The van der Waals surface area contributed by atoms with E-state index in [0.717, 1.165) is 14.2 Å². The van der Waals surface area contributed by atoms with Crippen LogP contribution in [-0.2, 0) is 4.79 Å². The fourth-order valence-corrected chi connectivity index (χ4v) is 4.94. The van der Waals surface area contributed by atoms with Crippen molar-refractivity contribution in [3.8, 4) is 17.2 Å². The summed E-state index contributed by atoms with van der Waals surface area (Å²) in [6.45, 7) is 0. The largest absolute Gasteiger partial charge is 0.493 e. The van der Waals surface area contributed by atoms with Gasteiger partial charge in [-0.25, -0.2) is 4.98 Å². The number of carbonyl (C=O) groups is 1. The van der Waals surface area contributed by atoms with Crippen LogP contribution in [-0.4, -0.2) is 43.4 Å². The van der Waals surface area contributed by atoms with Crippen molar-refractivity contribution in [1.82, 2.24) is 4.98 Å². The number of nitro benzene ring substituents is 1. The number of nitrogens with zero attached hydrogens (tertiary/aromatic N) is 4. The number of aromatic nitrogens is 1. The molecule has 0 N–H and O–H groups in total. The lowest BCUT2D eigenvalue weighted by Crippen LogP contribution is -2.23. The molecule has 0 spiro atoms. The molecule has 0 radical (unpaired) electrons. The number of halogens is 1. The number of benzene rings is 3.